The number of halogens is 2. The van der Waals surface area contributed by atoms with Gasteiger partial charge in [-0.3, -0.25) is 14.2 Å². The lowest BCUT2D eigenvalue weighted by Crippen LogP contribution is -2.23. The number of aromatic nitrogens is 2. The van der Waals surface area contributed by atoms with Crippen LogP contribution < -0.4 is 15.6 Å². The predicted octanol–water partition coefficient (Wildman–Crippen LogP) is 4.43. The summed E-state index contributed by atoms with van der Waals surface area (Å²) in [5.74, 6) is -0.573. The summed E-state index contributed by atoms with van der Waals surface area (Å²) in [6, 6.07) is 5.96. The molecular weight excluding hydrogens is 420 g/mol. The summed E-state index contributed by atoms with van der Waals surface area (Å²) in [4.78, 5) is 31.4. The molecule has 0 radical (unpaired) electrons. The number of carbonyl (C=O) groups excluding carboxylic acids is 1. The van der Waals surface area contributed by atoms with Gasteiger partial charge in [-0.1, -0.05) is 23.9 Å². The van der Waals surface area contributed by atoms with Crippen LogP contribution >= 0.6 is 23.1 Å². The Labute approximate surface area is 173 Å². The SMILES string of the molecule is CCn1c(SCC(=O)Nc2ccccc2OC(F)F)nc2sc(C)c(C)c2c1=O. The Balaban J connectivity index is 1.79. The fourth-order valence-corrected chi connectivity index (χ4v) is 4.72. The van der Waals surface area contributed by atoms with Crippen molar-refractivity contribution >= 4 is 44.9 Å². The summed E-state index contributed by atoms with van der Waals surface area (Å²) >= 11 is 2.57. The van der Waals surface area contributed by atoms with Crippen molar-refractivity contribution in [1.82, 2.24) is 9.55 Å². The Morgan fingerprint density at radius 1 is 1.34 bits per heavy atom. The number of hydrogen-bond acceptors (Lipinski definition) is 6. The van der Waals surface area contributed by atoms with Gasteiger partial charge in [0.05, 0.1) is 16.8 Å². The maximum Gasteiger partial charge on any atom is 0.387 e. The lowest BCUT2D eigenvalue weighted by atomic mass is 10.2. The molecule has 2 heterocycles. The van der Waals surface area contributed by atoms with E-state index in [1.54, 1.807) is 6.07 Å². The molecule has 1 amide bonds. The first-order chi connectivity index (χ1) is 13.8. The number of carbonyl (C=O) groups is 1. The molecule has 0 aliphatic rings. The molecule has 0 unspecified atom stereocenters. The summed E-state index contributed by atoms with van der Waals surface area (Å²) < 4.78 is 31.0. The topological polar surface area (TPSA) is 73.2 Å². The Kier molecular flexibility index (Phi) is 6.53. The van der Waals surface area contributed by atoms with Crippen molar-refractivity contribution in [3.63, 3.8) is 0 Å². The zero-order valence-corrected chi connectivity index (χ0v) is 17.6. The van der Waals surface area contributed by atoms with Crippen LogP contribution in [0, 0.1) is 13.8 Å². The molecule has 2 aromatic heterocycles. The molecule has 0 bridgehead atoms. The third-order valence-corrected chi connectivity index (χ3v) is 6.36. The predicted molar refractivity (Wildman–Crippen MR) is 111 cm³/mol. The van der Waals surface area contributed by atoms with Crippen molar-refractivity contribution in [2.24, 2.45) is 0 Å². The fraction of sp³-hybridized carbons (Fsp3) is 0.316. The maximum atomic E-state index is 12.8. The van der Waals surface area contributed by atoms with Crippen molar-refractivity contribution in [3.05, 3.63) is 45.1 Å². The van der Waals surface area contributed by atoms with Gasteiger partial charge in [0, 0.05) is 11.4 Å². The second kappa shape index (κ2) is 8.91. The highest BCUT2D eigenvalue weighted by atomic mass is 32.2. The minimum atomic E-state index is -2.99. The van der Waals surface area contributed by atoms with E-state index in [0.717, 1.165) is 22.2 Å². The van der Waals surface area contributed by atoms with Gasteiger partial charge >= 0.3 is 6.61 Å². The number of thioether (sulfide) groups is 1. The Morgan fingerprint density at radius 2 is 2.07 bits per heavy atom. The van der Waals surface area contributed by atoms with E-state index in [0.29, 0.717) is 21.9 Å². The van der Waals surface area contributed by atoms with E-state index < -0.39 is 12.5 Å². The summed E-state index contributed by atoms with van der Waals surface area (Å²) in [5.41, 5.74) is 0.951. The number of benzene rings is 1. The van der Waals surface area contributed by atoms with Crippen LogP contribution in [-0.2, 0) is 11.3 Å². The average molecular weight is 440 g/mol. The highest BCUT2D eigenvalue weighted by Crippen LogP contribution is 2.29. The Hall–Kier alpha value is -2.46. The summed E-state index contributed by atoms with van der Waals surface area (Å²) in [5, 5.41) is 3.61. The number of para-hydroxylation sites is 2. The van der Waals surface area contributed by atoms with E-state index in [2.05, 4.69) is 15.0 Å². The number of hydrogen-bond donors (Lipinski definition) is 1. The van der Waals surface area contributed by atoms with E-state index in [1.807, 2.05) is 20.8 Å². The van der Waals surface area contributed by atoms with Crippen LogP contribution in [0.4, 0.5) is 14.5 Å². The van der Waals surface area contributed by atoms with E-state index in [9.17, 15) is 18.4 Å². The molecule has 154 valence electrons. The quantitative estimate of drug-likeness (QED) is 0.436. The van der Waals surface area contributed by atoms with Gasteiger partial charge in [0.25, 0.3) is 5.56 Å². The van der Waals surface area contributed by atoms with Gasteiger partial charge in [0.15, 0.2) is 5.16 Å². The van der Waals surface area contributed by atoms with E-state index in [4.69, 9.17) is 0 Å². The average Bonchev–Trinajstić information content (AvgIpc) is 2.95. The zero-order valence-electron chi connectivity index (χ0n) is 16.0. The molecule has 29 heavy (non-hydrogen) atoms. The summed E-state index contributed by atoms with van der Waals surface area (Å²) in [6.07, 6.45) is 0. The van der Waals surface area contributed by atoms with Crippen LogP contribution in [0.5, 0.6) is 5.75 Å². The molecule has 10 heteroatoms. The normalized spacial score (nSPS) is 11.2. The van der Waals surface area contributed by atoms with Crippen LogP contribution in [0.15, 0.2) is 34.2 Å². The molecule has 3 rings (SSSR count). The molecule has 6 nitrogen and oxygen atoms in total. The molecule has 1 aromatic carbocycles. The number of nitrogens with one attached hydrogen (secondary N) is 1. The number of amides is 1. The van der Waals surface area contributed by atoms with E-state index in [1.165, 1.54) is 34.1 Å². The smallest absolute Gasteiger partial charge is 0.387 e. The standard InChI is InChI=1S/C19H19F2N3O3S2/c1-4-24-17(26)15-10(2)11(3)29-16(15)23-19(24)28-9-14(25)22-12-7-5-6-8-13(12)27-18(20)21/h5-8,18H,4,9H2,1-3H3,(H,22,25). The lowest BCUT2D eigenvalue weighted by molar-refractivity contribution is -0.113. The second-order valence-corrected chi connectivity index (χ2v) is 8.26. The van der Waals surface area contributed by atoms with Gasteiger partial charge in [-0.05, 0) is 38.5 Å². The molecule has 0 aliphatic carbocycles. The second-order valence-electron chi connectivity index (χ2n) is 6.12. The van der Waals surface area contributed by atoms with Gasteiger partial charge in [-0.25, -0.2) is 4.98 Å². The molecule has 0 spiro atoms. The largest absolute Gasteiger partial charge is 0.433 e. The Bertz CT molecular complexity index is 1110. The molecule has 0 saturated heterocycles. The fourth-order valence-electron chi connectivity index (χ4n) is 2.78. The van der Waals surface area contributed by atoms with Crippen molar-refractivity contribution < 1.29 is 18.3 Å². The molecule has 0 aliphatic heterocycles. The number of anilines is 1. The first-order valence-electron chi connectivity index (χ1n) is 8.78. The lowest BCUT2D eigenvalue weighted by Gasteiger charge is -2.12. The Morgan fingerprint density at radius 3 is 2.76 bits per heavy atom. The minimum Gasteiger partial charge on any atom is -0.433 e. The number of thiophene rings is 1. The van der Waals surface area contributed by atoms with Gasteiger partial charge in [-0.15, -0.1) is 11.3 Å². The number of alkyl halides is 2. The highest BCUT2D eigenvalue weighted by molar-refractivity contribution is 7.99. The molecule has 1 N–H and O–H groups in total. The van der Waals surface area contributed by atoms with Gasteiger partial charge in [0.2, 0.25) is 5.91 Å². The monoisotopic (exact) mass is 439 g/mol. The van der Waals surface area contributed by atoms with Crippen molar-refractivity contribution in [2.75, 3.05) is 11.1 Å². The van der Waals surface area contributed by atoms with Crippen LogP contribution in [0.3, 0.4) is 0 Å². The molecule has 0 saturated carbocycles. The van der Waals surface area contributed by atoms with Crippen LogP contribution in [0.25, 0.3) is 10.2 Å². The van der Waals surface area contributed by atoms with Crippen molar-refractivity contribution in [3.8, 4) is 5.75 Å². The zero-order chi connectivity index (χ0) is 21.1. The third kappa shape index (κ3) is 4.59. The number of nitrogens with zero attached hydrogens (tertiary/aromatic N) is 2. The minimum absolute atomic E-state index is 0.0374. The van der Waals surface area contributed by atoms with Gasteiger partial charge < -0.3 is 10.1 Å². The molecule has 3 aromatic rings. The van der Waals surface area contributed by atoms with Crippen LogP contribution in [0.1, 0.15) is 17.4 Å². The first-order valence-corrected chi connectivity index (χ1v) is 10.6. The maximum absolute atomic E-state index is 12.8. The van der Waals surface area contributed by atoms with Crippen molar-refractivity contribution in [1.29, 1.82) is 0 Å². The van der Waals surface area contributed by atoms with Crippen molar-refractivity contribution in [2.45, 2.75) is 39.1 Å². The van der Waals surface area contributed by atoms with E-state index >= 15 is 0 Å². The van der Waals surface area contributed by atoms with Gasteiger partial charge in [0.1, 0.15) is 10.6 Å². The highest BCUT2D eigenvalue weighted by Gasteiger charge is 2.17. The summed E-state index contributed by atoms with van der Waals surface area (Å²) in [7, 11) is 0. The van der Waals surface area contributed by atoms with E-state index in [-0.39, 0.29) is 22.7 Å². The van der Waals surface area contributed by atoms with Crippen LogP contribution in [0.2, 0.25) is 0 Å². The van der Waals surface area contributed by atoms with Crippen LogP contribution in [-0.4, -0.2) is 27.8 Å². The molecule has 0 fully saturated rings. The number of aryl methyl sites for hydroxylation is 2. The summed E-state index contributed by atoms with van der Waals surface area (Å²) in [6.45, 7) is 3.11. The third-order valence-electron chi connectivity index (χ3n) is 4.28. The first kappa shape index (κ1) is 21.3. The number of rotatable bonds is 7. The number of fused-ring (bicyclic) bond motifs is 1. The molecule has 0 atom stereocenters. The molecular formula is C19H19F2N3O3S2. The number of ether oxygens (including phenoxy) is 1. The van der Waals surface area contributed by atoms with Gasteiger partial charge in [-0.2, -0.15) is 8.78 Å².